The Labute approximate surface area is 90.3 Å². The molecule has 5 heteroatoms. The Bertz CT molecular complexity index is 202. The van der Waals surface area contributed by atoms with Gasteiger partial charge in [-0.05, 0) is 14.1 Å². The molecule has 0 fully saturated rings. The summed E-state index contributed by atoms with van der Waals surface area (Å²) in [6, 6.07) is 0. The van der Waals surface area contributed by atoms with E-state index in [-0.39, 0.29) is 12.4 Å². The molecule has 0 aromatic heterocycles. The molecular weight excluding hydrogens is 198 g/mol. The fraction of sp³-hybridized carbons (Fsp3) is 0.600. The van der Waals surface area contributed by atoms with E-state index in [1.54, 1.807) is 6.92 Å². The zero-order valence-corrected chi connectivity index (χ0v) is 9.52. The maximum atomic E-state index is 10.4. The number of rotatable bonds is 5. The van der Waals surface area contributed by atoms with Crippen molar-refractivity contribution in [3.63, 3.8) is 0 Å². The molecule has 0 spiro atoms. The average Bonchev–Trinajstić information content (AvgIpc) is 2.17. The Kier molecular flexibility index (Phi) is 11.5. The molecule has 0 amide bonds. The molecule has 15 heavy (non-hydrogen) atoms. The molecule has 0 heterocycles. The van der Waals surface area contributed by atoms with Crippen molar-refractivity contribution in [3.8, 4) is 0 Å². The number of nitrogens with zero attached hydrogens (tertiary/aromatic N) is 1. The average molecular weight is 217 g/mol. The first kappa shape index (κ1) is 16.1. The van der Waals surface area contributed by atoms with E-state index in [2.05, 4.69) is 6.58 Å². The van der Waals surface area contributed by atoms with Gasteiger partial charge in [0.05, 0.1) is 0 Å². The minimum Gasteiger partial charge on any atom is -0.481 e. The number of likely N-dealkylation sites (N-methyl/N-ethyl adjacent to an activating group) is 1. The molecule has 0 radical (unpaired) electrons. The molecule has 0 bridgehead atoms. The topological polar surface area (TPSA) is 66.8 Å². The van der Waals surface area contributed by atoms with Crippen molar-refractivity contribution in [2.45, 2.75) is 13.3 Å². The lowest BCUT2D eigenvalue weighted by Crippen LogP contribution is -2.19. The molecule has 1 N–H and O–H groups in total. The third-order valence-electron chi connectivity index (χ3n) is 1.25. The molecular formula is C10H19NO4. The molecule has 5 nitrogen and oxygen atoms in total. The SMILES string of the molecule is C=CC(=O)OCCN(C)C.CCC(=O)O. The minimum atomic E-state index is -0.745. The lowest BCUT2D eigenvalue weighted by Gasteiger charge is -2.07. The van der Waals surface area contributed by atoms with Crippen molar-refractivity contribution >= 4 is 11.9 Å². The maximum Gasteiger partial charge on any atom is 0.330 e. The number of esters is 1. The fourth-order valence-electron chi connectivity index (χ4n) is 0.388. The molecule has 88 valence electrons. The highest BCUT2D eigenvalue weighted by Gasteiger charge is 1.94. The Morgan fingerprint density at radius 3 is 2.20 bits per heavy atom. The summed E-state index contributed by atoms with van der Waals surface area (Å²) in [4.78, 5) is 21.7. The third-order valence-corrected chi connectivity index (χ3v) is 1.25. The van der Waals surface area contributed by atoms with Gasteiger partial charge in [0.1, 0.15) is 6.61 Å². The number of carbonyl (C=O) groups is 2. The number of hydrogen-bond acceptors (Lipinski definition) is 4. The third kappa shape index (κ3) is 19.2. The molecule has 0 aliphatic rings. The highest BCUT2D eigenvalue weighted by Crippen LogP contribution is 1.80. The summed E-state index contributed by atoms with van der Waals surface area (Å²) in [6.45, 7) is 6.05. The summed E-state index contributed by atoms with van der Waals surface area (Å²) in [7, 11) is 3.84. The summed E-state index contributed by atoms with van der Waals surface area (Å²) < 4.78 is 4.70. The monoisotopic (exact) mass is 217 g/mol. The first-order chi connectivity index (χ1) is 6.93. The van der Waals surface area contributed by atoms with E-state index in [9.17, 15) is 9.59 Å². The number of carboxylic acid groups (broad SMARTS) is 1. The van der Waals surface area contributed by atoms with Gasteiger partial charge in [-0.2, -0.15) is 0 Å². The summed E-state index contributed by atoms with van der Waals surface area (Å²) in [5.74, 6) is -1.10. The van der Waals surface area contributed by atoms with Crippen LogP contribution in [-0.2, 0) is 14.3 Å². The Hall–Kier alpha value is -1.36. The molecule has 0 aliphatic carbocycles. The van der Waals surface area contributed by atoms with Gasteiger partial charge in [-0.3, -0.25) is 4.79 Å². The maximum absolute atomic E-state index is 10.4. The highest BCUT2D eigenvalue weighted by molar-refractivity contribution is 5.81. The molecule has 0 rings (SSSR count). The standard InChI is InChI=1S/C7H13NO2.C3H6O2/c1-4-7(9)10-6-5-8(2)3;1-2-3(4)5/h4H,1,5-6H2,2-3H3;2H2,1H3,(H,4,5). The summed E-state index contributed by atoms with van der Waals surface area (Å²) in [5, 5.41) is 7.72. The second kappa shape index (κ2) is 10.7. The van der Waals surface area contributed by atoms with Gasteiger partial charge < -0.3 is 14.7 Å². The zero-order valence-electron chi connectivity index (χ0n) is 9.52. The van der Waals surface area contributed by atoms with Crippen LogP contribution >= 0.6 is 0 Å². The normalized spacial score (nSPS) is 8.80. The smallest absolute Gasteiger partial charge is 0.330 e. The largest absolute Gasteiger partial charge is 0.481 e. The van der Waals surface area contributed by atoms with Gasteiger partial charge in [0.15, 0.2) is 0 Å². The first-order valence-electron chi connectivity index (χ1n) is 4.59. The van der Waals surface area contributed by atoms with E-state index in [0.717, 1.165) is 12.6 Å². The summed E-state index contributed by atoms with van der Waals surface area (Å²) in [5.41, 5.74) is 0. The van der Waals surface area contributed by atoms with Crippen LogP contribution in [0.15, 0.2) is 12.7 Å². The van der Waals surface area contributed by atoms with E-state index in [1.165, 1.54) is 0 Å². The fourth-order valence-corrected chi connectivity index (χ4v) is 0.388. The van der Waals surface area contributed by atoms with Gasteiger partial charge in [0, 0.05) is 19.0 Å². The molecule has 0 aliphatic heterocycles. The minimum absolute atomic E-state index is 0.222. The van der Waals surface area contributed by atoms with Crippen LogP contribution in [0.25, 0.3) is 0 Å². The predicted molar refractivity (Wildman–Crippen MR) is 57.6 cm³/mol. The lowest BCUT2D eigenvalue weighted by molar-refractivity contribution is -0.138. The molecule has 0 saturated carbocycles. The predicted octanol–water partition coefficient (Wildman–Crippen LogP) is 0.758. The first-order valence-corrected chi connectivity index (χ1v) is 4.59. The van der Waals surface area contributed by atoms with Crippen molar-refractivity contribution in [1.29, 1.82) is 0 Å². The number of carboxylic acids is 1. The quantitative estimate of drug-likeness (QED) is 0.544. The molecule has 0 saturated heterocycles. The molecule has 0 unspecified atom stereocenters. The zero-order chi connectivity index (χ0) is 12.3. The van der Waals surface area contributed by atoms with Crippen molar-refractivity contribution in [2.75, 3.05) is 27.2 Å². The molecule has 0 atom stereocenters. The van der Waals surface area contributed by atoms with Gasteiger partial charge in [0.25, 0.3) is 0 Å². The van der Waals surface area contributed by atoms with Crippen LogP contribution in [0.3, 0.4) is 0 Å². The number of aliphatic carboxylic acids is 1. The van der Waals surface area contributed by atoms with E-state index >= 15 is 0 Å². The van der Waals surface area contributed by atoms with Crippen LogP contribution in [0.2, 0.25) is 0 Å². The van der Waals surface area contributed by atoms with Gasteiger partial charge in [-0.15, -0.1) is 0 Å². The van der Waals surface area contributed by atoms with Crippen LogP contribution < -0.4 is 0 Å². The van der Waals surface area contributed by atoms with E-state index in [1.807, 2.05) is 19.0 Å². The lowest BCUT2D eigenvalue weighted by atomic mass is 10.5. The summed E-state index contributed by atoms with van der Waals surface area (Å²) in [6.07, 6.45) is 1.38. The van der Waals surface area contributed by atoms with E-state index < -0.39 is 5.97 Å². The van der Waals surface area contributed by atoms with Crippen LogP contribution in [-0.4, -0.2) is 49.2 Å². The number of hydrogen-bond donors (Lipinski definition) is 1. The van der Waals surface area contributed by atoms with Crippen molar-refractivity contribution < 1.29 is 19.4 Å². The summed E-state index contributed by atoms with van der Waals surface area (Å²) >= 11 is 0. The van der Waals surface area contributed by atoms with Gasteiger partial charge in [0.2, 0.25) is 0 Å². The second-order valence-corrected chi connectivity index (χ2v) is 2.92. The molecule has 0 aromatic carbocycles. The molecule has 0 aromatic rings. The highest BCUT2D eigenvalue weighted by atomic mass is 16.5. The second-order valence-electron chi connectivity index (χ2n) is 2.92. The Morgan fingerprint density at radius 1 is 1.47 bits per heavy atom. The van der Waals surface area contributed by atoms with Gasteiger partial charge in [-0.1, -0.05) is 13.5 Å². The number of carbonyl (C=O) groups excluding carboxylic acids is 1. The van der Waals surface area contributed by atoms with Crippen LogP contribution in [0, 0.1) is 0 Å². The van der Waals surface area contributed by atoms with Gasteiger partial charge >= 0.3 is 11.9 Å². The van der Waals surface area contributed by atoms with Gasteiger partial charge in [-0.25, -0.2) is 4.79 Å². The van der Waals surface area contributed by atoms with E-state index in [0.29, 0.717) is 6.61 Å². The van der Waals surface area contributed by atoms with Crippen molar-refractivity contribution in [1.82, 2.24) is 4.90 Å². The van der Waals surface area contributed by atoms with Crippen molar-refractivity contribution in [3.05, 3.63) is 12.7 Å². The number of ether oxygens (including phenoxy) is 1. The Morgan fingerprint density at radius 2 is 1.93 bits per heavy atom. The van der Waals surface area contributed by atoms with Crippen LogP contribution in [0.1, 0.15) is 13.3 Å². The van der Waals surface area contributed by atoms with Crippen LogP contribution in [0.4, 0.5) is 0 Å². The van der Waals surface area contributed by atoms with Crippen LogP contribution in [0.5, 0.6) is 0 Å². The Balaban J connectivity index is 0. The van der Waals surface area contributed by atoms with E-state index in [4.69, 9.17) is 9.84 Å². The van der Waals surface area contributed by atoms with Crippen molar-refractivity contribution in [2.24, 2.45) is 0 Å².